The number of anilines is 1. The molecule has 3 aliphatic carbocycles. The third kappa shape index (κ3) is 3.31. The molecule has 7 rings (SSSR count). The number of halogens is 3. The number of fused-ring (bicyclic) bond motifs is 4. The molecule has 0 spiro atoms. The van der Waals surface area contributed by atoms with Gasteiger partial charge in [0.15, 0.2) is 23.2 Å². The first-order chi connectivity index (χ1) is 16.0. The minimum atomic E-state index is -0.713. The summed E-state index contributed by atoms with van der Waals surface area (Å²) >= 11 is 0. The van der Waals surface area contributed by atoms with Gasteiger partial charge in [0, 0.05) is 29.3 Å². The molecular weight excluding hydrogens is 429 g/mol. The quantitative estimate of drug-likeness (QED) is 0.369. The number of rotatable bonds is 4. The van der Waals surface area contributed by atoms with Crippen LogP contribution in [0.1, 0.15) is 32.6 Å². The highest BCUT2D eigenvalue weighted by atomic mass is 19.1. The third-order valence-electron chi connectivity index (χ3n) is 7.49. The van der Waals surface area contributed by atoms with Crippen LogP contribution >= 0.6 is 0 Å². The number of aromatic amines is 1. The molecule has 3 fully saturated rings. The summed E-state index contributed by atoms with van der Waals surface area (Å²) in [4.78, 5) is 11.7. The van der Waals surface area contributed by atoms with Gasteiger partial charge >= 0.3 is 0 Å². The maximum atomic E-state index is 15.6. The lowest BCUT2D eigenvalue weighted by Crippen LogP contribution is -2.47. The van der Waals surface area contributed by atoms with Gasteiger partial charge in [-0.1, -0.05) is 6.92 Å². The maximum Gasteiger partial charge on any atom is 0.194 e. The lowest BCUT2D eigenvalue weighted by Gasteiger charge is -2.47. The summed E-state index contributed by atoms with van der Waals surface area (Å²) < 4.78 is 49.3. The van der Waals surface area contributed by atoms with Gasteiger partial charge in [-0.05, 0) is 61.6 Å². The van der Waals surface area contributed by atoms with E-state index in [0.717, 1.165) is 18.9 Å². The van der Waals surface area contributed by atoms with E-state index in [1.807, 2.05) is 0 Å². The van der Waals surface area contributed by atoms with Gasteiger partial charge in [-0.2, -0.15) is 0 Å². The van der Waals surface area contributed by atoms with Crippen LogP contribution in [0.25, 0.3) is 33.7 Å². The van der Waals surface area contributed by atoms with Gasteiger partial charge in [0.25, 0.3) is 0 Å². The Morgan fingerprint density at radius 2 is 1.85 bits per heavy atom. The molecule has 0 saturated heterocycles. The molecule has 3 aliphatic rings. The Bertz CT molecular complexity index is 1320. The van der Waals surface area contributed by atoms with Gasteiger partial charge in [0.1, 0.15) is 17.3 Å². The number of hydrogen-bond donors (Lipinski definition) is 2. The van der Waals surface area contributed by atoms with Crippen LogP contribution in [0.5, 0.6) is 0 Å². The zero-order valence-corrected chi connectivity index (χ0v) is 18.0. The van der Waals surface area contributed by atoms with E-state index in [1.165, 1.54) is 31.4 Å². The second kappa shape index (κ2) is 7.64. The maximum absolute atomic E-state index is 15.6. The minimum Gasteiger partial charge on any atom is -0.463 e. The number of furan rings is 1. The Kier molecular flexibility index (Phi) is 4.71. The van der Waals surface area contributed by atoms with Gasteiger partial charge in [0.05, 0.1) is 11.8 Å². The number of hydrogen-bond acceptors (Lipinski definition) is 4. The van der Waals surface area contributed by atoms with Crippen molar-refractivity contribution in [3.63, 3.8) is 0 Å². The van der Waals surface area contributed by atoms with Gasteiger partial charge < -0.3 is 14.7 Å². The van der Waals surface area contributed by atoms with Crippen LogP contribution in [-0.2, 0) is 0 Å². The fraction of sp³-hybridized carbons (Fsp3) is 0.360. The van der Waals surface area contributed by atoms with E-state index in [0.29, 0.717) is 28.7 Å². The molecule has 3 saturated carbocycles. The van der Waals surface area contributed by atoms with Gasteiger partial charge in [-0.25, -0.2) is 23.1 Å². The van der Waals surface area contributed by atoms with Gasteiger partial charge in [-0.15, -0.1) is 0 Å². The summed E-state index contributed by atoms with van der Waals surface area (Å²) in [6, 6.07) is 5.42. The molecular formula is C25H23F3N4O. The van der Waals surface area contributed by atoms with Crippen LogP contribution in [0.3, 0.4) is 0 Å². The average Bonchev–Trinajstić information content (AvgIpc) is 3.48. The highest BCUT2D eigenvalue weighted by molar-refractivity contribution is 5.94. The molecule has 3 aromatic heterocycles. The number of aromatic nitrogens is 3. The highest BCUT2D eigenvalue weighted by Gasteiger charge is 2.41. The molecule has 2 bridgehead atoms. The van der Waals surface area contributed by atoms with Crippen molar-refractivity contribution in [2.45, 2.75) is 38.6 Å². The fourth-order valence-corrected chi connectivity index (χ4v) is 5.74. The molecule has 3 heterocycles. The normalized spacial score (nSPS) is 24.5. The van der Waals surface area contributed by atoms with Gasteiger partial charge in [0.2, 0.25) is 0 Å². The molecule has 2 atom stereocenters. The molecule has 8 heteroatoms. The Morgan fingerprint density at radius 1 is 1.06 bits per heavy atom. The van der Waals surface area contributed by atoms with Crippen molar-refractivity contribution in [2.24, 2.45) is 17.8 Å². The summed E-state index contributed by atoms with van der Waals surface area (Å²) in [5, 5.41) is 3.67. The topological polar surface area (TPSA) is 66.7 Å². The molecule has 1 aromatic carbocycles. The molecule has 4 aromatic rings. The van der Waals surface area contributed by atoms with Crippen LogP contribution in [-0.4, -0.2) is 21.0 Å². The Balaban J connectivity index is 1.49. The molecule has 0 radical (unpaired) electrons. The van der Waals surface area contributed by atoms with E-state index >= 15 is 4.39 Å². The Morgan fingerprint density at radius 3 is 2.58 bits per heavy atom. The number of nitrogens with zero attached hydrogens (tertiary/aromatic N) is 2. The Labute approximate surface area is 188 Å². The second-order valence-electron chi connectivity index (χ2n) is 9.25. The second-order valence-corrected chi connectivity index (χ2v) is 9.25. The first-order valence-electron chi connectivity index (χ1n) is 11.3. The van der Waals surface area contributed by atoms with Crippen LogP contribution < -0.4 is 5.32 Å². The predicted octanol–water partition coefficient (Wildman–Crippen LogP) is 6.54. The predicted molar refractivity (Wildman–Crippen MR) is 119 cm³/mol. The largest absolute Gasteiger partial charge is 0.463 e. The van der Waals surface area contributed by atoms with Crippen LogP contribution in [0.2, 0.25) is 0 Å². The van der Waals surface area contributed by atoms with E-state index in [-0.39, 0.29) is 34.7 Å². The standard InChI is InChI=1S/C25H23F3N4O/c1-12-13-4-6-14(7-5-13)21(12)30-25-20(28)23(19-3-2-8-33-19)31-24(32-25)17-11-29-22-16(17)9-15(26)10-18(22)27/h2-3,8-14,21,29H,4-7H2,1H3,(H,30,31,32)/t12-,13?,14?,21+/m1/s1. The van der Waals surface area contributed by atoms with Crippen LogP contribution in [0.4, 0.5) is 19.0 Å². The van der Waals surface area contributed by atoms with E-state index in [1.54, 1.807) is 12.1 Å². The van der Waals surface area contributed by atoms with Crippen molar-refractivity contribution in [1.82, 2.24) is 15.0 Å². The minimum absolute atomic E-state index is 0.00680. The average molecular weight is 452 g/mol. The van der Waals surface area contributed by atoms with Crippen LogP contribution in [0, 0.1) is 35.2 Å². The zero-order chi connectivity index (χ0) is 22.7. The smallest absolute Gasteiger partial charge is 0.194 e. The number of benzene rings is 1. The van der Waals surface area contributed by atoms with Crippen molar-refractivity contribution < 1.29 is 17.6 Å². The van der Waals surface area contributed by atoms with E-state index in [4.69, 9.17) is 4.42 Å². The molecule has 0 aliphatic heterocycles. The van der Waals surface area contributed by atoms with Gasteiger partial charge in [-0.3, -0.25) is 0 Å². The molecule has 2 N–H and O–H groups in total. The number of nitrogens with one attached hydrogen (secondary N) is 2. The Hall–Kier alpha value is -3.29. The lowest BCUT2D eigenvalue weighted by atomic mass is 9.62. The molecule has 33 heavy (non-hydrogen) atoms. The molecule has 5 nitrogen and oxygen atoms in total. The van der Waals surface area contributed by atoms with E-state index in [9.17, 15) is 8.78 Å². The van der Waals surface area contributed by atoms with E-state index < -0.39 is 17.5 Å². The van der Waals surface area contributed by atoms with Crippen molar-refractivity contribution >= 4 is 16.7 Å². The summed E-state index contributed by atoms with van der Waals surface area (Å²) in [5.74, 6) is -0.0215. The van der Waals surface area contributed by atoms with Crippen molar-refractivity contribution in [3.05, 3.63) is 54.2 Å². The van der Waals surface area contributed by atoms with E-state index in [2.05, 4.69) is 27.2 Å². The van der Waals surface area contributed by atoms with Crippen molar-refractivity contribution in [3.8, 4) is 22.8 Å². The zero-order valence-electron chi connectivity index (χ0n) is 18.0. The van der Waals surface area contributed by atoms with Crippen molar-refractivity contribution in [1.29, 1.82) is 0 Å². The summed E-state index contributed by atoms with van der Waals surface area (Å²) in [6.45, 7) is 2.21. The third-order valence-corrected chi connectivity index (χ3v) is 7.49. The first-order valence-corrected chi connectivity index (χ1v) is 11.3. The first kappa shape index (κ1) is 20.3. The molecule has 0 unspecified atom stereocenters. The monoisotopic (exact) mass is 452 g/mol. The highest BCUT2D eigenvalue weighted by Crippen LogP contribution is 2.46. The fourth-order valence-electron chi connectivity index (χ4n) is 5.74. The van der Waals surface area contributed by atoms with Crippen LogP contribution in [0.15, 0.2) is 41.1 Å². The van der Waals surface area contributed by atoms with Crippen molar-refractivity contribution in [2.75, 3.05) is 5.32 Å². The SMILES string of the molecule is C[C@@H]1C2CCC(CC2)[C@H]1Nc1nc(-c2c[nH]c3c(F)cc(F)cc23)nc(-c2ccco2)c1F. The number of H-pyrrole nitrogens is 1. The summed E-state index contributed by atoms with van der Waals surface area (Å²) in [5.41, 5.74) is 0.538. The summed E-state index contributed by atoms with van der Waals surface area (Å²) in [7, 11) is 0. The lowest BCUT2D eigenvalue weighted by molar-refractivity contribution is 0.0926. The molecule has 170 valence electrons. The molecule has 0 amide bonds. The summed E-state index contributed by atoms with van der Waals surface area (Å²) in [6.07, 6.45) is 7.64.